The van der Waals surface area contributed by atoms with Crippen molar-refractivity contribution >= 4 is 21.4 Å². The van der Waals surface area contributed by atoms with Crippen LogP contribution in [0.5, 0.6) is 0 Å². The molecule has 1 aliphatic rings. The lowest BCUT2D eigenvalue weighted by molar-refractivity contribution is 0.505. The van der Waals surface area contributed by atoms with Gasteiger partial charge in [0.25, 0.3) is 0 Å². The molecular formula is C14H19ClFNO2S. The minimum atomic E-state index is -3.47. The van der Waals surface area contributed by atoms with Gasteiger partial charge in [0.1, 0.15) is 5.82 Å². The summed E-state index contributed by atoms with van der Waals surface area (Å²) >= 11 is 5.69. The number of benzene rings is 1. The summed E-state index contributed by atoms with van der Waals surface area (Å²) in [7, 11) is -3.47. The van der Waals surface area contributed by atoms with Crippen LogP contribution in [0.1, 0.15) is 32.6 Å². The zero-order valence-corrected chi connectivity index (χ0v) is 13.0. The summed E-state index contributed by atoms with van der Waals surface area (Å²) in [5.41, 5.74) is 0. The smallest absolute Gasteiger partial charge is 0.182 e. The predicted molar refractivity (Wildman–Crippen MR) is 78.3 cm³/mol. The van der Waals surface area contributed by atoms with E-state index in [0.717, 1.165) is 31.9 Å². The van der Waals surface area contributed by atoms with E-state index in [-0.39, 0.29) is 16.0 Å². The zero-order valence-electron chi connectivity index (χ0n) is 11.4. The number of halogens is 2. The Bertz CT molecular complexity index is 577. The molecule has 0 aliphatic heterocycles. The highest BCUT2D eigenvalue weighted by atomic mass is 35.5. The third kappa shape index (κ3) is 3.15. The van der Waals surface area contributed by atoms with E-state index in [1.54, 1.807) is 0 Å². The van der Waals surface area contributed by atoms with Crippen LogP contribution in [0.2, 0.25) is 5.02 Å². The normalized spacial score (nSPS) is 23.1. The summed E-state index contributed by atoms with van der Waals surface area (Å²) in [6, 6.07) is 3.59. The van der Waals surface area contributed by atoms with Crippen molar-refractivity contribution in [1.82, 2.24) is 5.32 Å². The first-order chi connectivity index (χ1) is 9.46. The van der Waals surface area contributed by atoms with Gasteiger partial charge in [-0.2, -0.15) is 0 Å². The van der Waals surface area contributed by atoms with Crippen molar-refractivity contribution in [2.75, 3.05) is 6.54 Å². The largest absolute Gasteiger partial charge is 0.313 e. The van der Waals surface area contributed by atoms with Crippen LogP contribution in [0, 0.1) is 5.82 Å². The van der Waals surface area contributed by atoms with Gasteiger partial charge in [-0.05, 0) is 44.0 Å². The maximum absolute atomic E-state index is 13.2. The molecule has 1 saturated carbocycles. The summed E-state index contributed by atoms with van der Waals surface area (Å²) in [5, 5.41) is 2.70. The van der Waals surface area contributed by atoms with Crippen molar-refractivity contribution in [3.8, 4) is 0 Å². The molecule has 1 aliphatic carbocycles. The number of rotatable bonds is 5. The summed E-state index contributed by atoms with van der Waals surface area (Å²) < 4.78 is 38.5. The summed E-state index contributed by atoms with van der Waals surface area (Å²) in [5.74, 6) is -0.599. The molecule has 6 heteroatoms. The molecule has 0 radical (unpaired) electrons. The van der Waals surface area contributed by atoms with E-state index < -0.39 is 20.9 Å². The lowest BCUT2D eigenvalue weighted by Gasteiger charge is -2.21. The Labute approximate surface area is 124 Å². The molecule has 0 heterocycles. The van der Waals surface area contributed by atoms with Crippen LogP contribution in [-0.2, 0) is 9.84 Å². The lowest BCUT2D eigenvalue weighted by atomic mass is 10.2. The second-order valence-electron chi connectivity index (χ2n) is 5.15. The van der Waals surface area contributed by atoms with Crippen LogP contribution < -0.4 is 5.32 Å². The molecule has 2 atom stereocenters. The fraction of sp³-hybridized carbons (Fsp3) is 0.571. The van der Waals surface area contributed by atoms with E-state index in [0.29, 0.717) is 6.42 Å². The Kier molecular flexibility index (Phi) is 5.04. The maximum atomic E-state index is 13.2. The maximum Gasteiger partial charge on any atom is 0.182 e. The second kappa shape index (κ2) is 6.41. The first-order valence-corrected chi connectivity index (χ1v) is 8.81. The molecule has 1 aromatic rings. The van der Waals surface area contributed by atoms with Gasteiger partial charge < -0.3 is 5.32 Å². The monoisotopic (exact) mass is 319 g/mol. The van der Waals surface area contributed by atoms with Crippen molar-refractivity contribution in [3.05, 3.63) is 29.0 Å². The lowest BCUT2D eigenvalue weighted by Crippen LogP contribution is -2.40. The minimum Gasteiger partial charge on any atom is -0.313 e. The summed E-state index contributed by atoms with van der Waals surface area (Å²) in [6.07, 6.45) is 3.35. The molecule has 0 aromatic heterocycles. The van der Waals surface area contributed by atoms with Gasteiger partial charge in [0.2, 0.25) is 0 Å². The van der Waals surface area contributed by atoms with E-state index in [2.05, 4.69) is 5.32 Å². The molecule has 0 amide bonds. The fourth-order valence-electron chi connectivity index (χ4n) is 2.69. The van der Waals surface area contributed by atoms with E-state index >= 15 is 0 Å². The number of hydrogen-bond donors (Lipinski definition) is 1. The highest BCUT2D eigenvalue weighted by Gasteiger charge is 2.38. The molecule has 2 unspecified atom stereocenters. The highest BCUT2D eigenvalue weighted by molar-refractivity contribution is 7.92. The first kappa shape index (κ1) is 15.7. The minimum absolute atomic E-state index is 0.0243. The average molecular weight is 320 g/mol. The van der Waals surface area contributed by atoms with Crippen LogP contribution in [-0.4, -0.2) is 26.3 Å². The van der Waals surface area contributed by atoms with Crippen molar-refractivity contribution in [1.29, 1.82) is 0 Å². The highest BCUT2D eigenvalue weighted by Crippen LogP contribution is 2.31. The van der Waals surface area contributed by atoms with E-state index in [1.165, 1.54) is 12.1 Å². The van der Waals surface area contributed by atoms with Crippen molar-refractivity contribution in [2.24, 2.45) is 0 Å². The molecule has 20 heavy (non-hydrogen) atoms. The molecule has 3 nitrogen and oxygen atoms in total. The number of hydrogen-bond acceptors (Lipinski definition) is 3. The predicted octanol–water partition coefficient (Wildman–Crippen LogP) is 3.17. The third-order valence-corrected chi connectivity index (χ3v) is 6.29. The molecule has 1 fully saturated rings. The van der Waals surface area contributed by atoms with E-state index in [1.807, 2.05) is 6.92 Å². The Morgan fingerprint density at radius 1 is 1.40 bits per heavy atom. The van der Waals surface area contributed by atoms with Gasteiger partial charge >= 0.3 is 0 Å². The summed E-state index contributed by atoms with van der Waals surface area (Å²) in [6.45, 7) is 2.85. The van der Waals surface area contributed by atoms with Gasteiger partial charge in [0, 0.05) is 6.04 Å². The van der Waals surface area contributed by atoms with Gasteiger partial charge in [0.05, 0.1) is 15.2 Å². The standard InChI is InChI=1S/C14H19ClFNO2S/c1-2-8-17-13-4-3-5-14(13)20(18,19)10-6-7-12(16)11(15)9-10/h6-7,9,13-14,17H,2-5,8H2,1H3. The molecule has 0 spiro atoms. The SMILES string of the molecule is CCCNC1CCCC1S(=O)(=O)c1ccc(F)c(Cl)c1. The number of nitrogens with one attached hydrogen (secondary N) is 1. The third-order valence-electron chi connectivity index (χ3n) is 3.73. The van der Waals surface area contributed by atoms with Crippen LogP contribution >= 0.6 is 11.6 Å². The Balaban J connectivity index is 2.26. The van der Waals surface area contributed by atoms with Crippen LogP contribution in [0.15, 0.2) is 23.1 Å². The molecule has 1 N–H and O–H groups in total. The fourth-order valence-corrected chi connectivity index (χ4v) is 4.97. The topological polar surface area (TPSA) is 46.2 Å². The van der Waals surface area contributed by atoms with Crippen molar-refractivity contribution in [3.63, 3.8) is 0 Å². The molecule has 2 rings (SSSR count). The van der Waals surface area contributed by atoms with Gasteiger partial charge in [-0.15, -0.1) is 0 Å². The van der Waals surface area contributed by atoms with Gasteiger partial charge in [-0.1, -0.05) is 24.9 Å². The first-order valence-electron chi connectivity index (χ1n) is 6.89. The van der Waals surface area contributed by atoms with Gasteiger partial charge in [0.15, 0.2) is 9.84 Å². The van der Waals surface area contributed by atoms with Crippen LogP contribution in [0.25, 0.3) is 0 Å². The summed E-state index contributed by atoms with van der Waals surface area (Å²) in [4.78, 5) is 0.110. The quantitative estimate of drug-likeness (QED) is 0.848. The molecular weight excluding hydrogens is 301 g/mol. The Morgan fingerprint density at radius 3 is 2.80 bits per heavy atom. The molecule has 0 bridgehead atoms. The average Bonchev–Trinajstić information content (AvgIpc) is 2.88. The molecule has 112 valence electrons. The van der Waals surface area contributed by atoms with Crippen molar-refractivity contribution in [2.45, 2.75) is 48.8 Å². The van der Waals surface area contributed by atoms with Gasteiger partial charge in [-0.3, -0.25) is 0 Å². The Morgan fingerprint density at radius 2 is 2.15 bits per heavy atom. The second-order valence-corrected chi connectivity index (χ2v) is 7.73. The molecule has 1 aromatic carbocycles. The van der Waals surface area contributed by atoms with Crippen LogP contribution in [0.3, 0.4) is 0 Å². The Hall–Kier alpha value is -0.650. The van der Waals surface area contributed by atoms with E-state index in [9.17, 15) is 12.8 Å². The van der Waals surface area contributed by atoms with Crippen LogP contribution in [0.4, 0.5) is 4.39 Å². The van der Waals surface area contributed by atoms with Crippen molar-refractivity contribution < 1.29 is 12.8 Å². The van der Waals surface area contributed by atoms with E-state index in [4.69, 9.17) is 11.6 Å². The number of sulfone groups is 1. The van der Waals surface area contributed by atoms with Gasteiger partial charge in [-0.25, -0.2) is 12.8 Å². The zero-order chi connectivity index (χ0) is 14.8. The molecule has 0 saturated heterocycles.